The first-order chi connectivity index (χ1) is 32.6. The van der Waals surface area contributed by atoms with Crippen LogP contribution in [-0.2, 0) is 12.4 Å². The maximum absolute atomic E-state index is 13.5. The summed E-state index contributed by atoms with van der Waals surface area (Å²) >= 11 is 33.6. The van der Waals surface area contributed by atoms with Crippen molar-refractivity contribution in [2.45, 2.75) is 12.4 Å². The molecule has 0 radical (unpaired) electrons. The Morgan fingerprint density at radius 3 is 0.814 bits per heavy atom. The normalized spacial score (nSPS) is 10.5. The van der Waals surface area contributed by atoms with E-state index in [1.54, 1.807) is 6.08 Å². The lowest BCUT2D eigenvalue weighted by molar-refractivity contribution is -0.140. The average molecular weight is 1350 g/mol. The number of ether oxygens (including phenoxy) is 8. The molecule has 28 heteroatoms. The number of benzene rings is 4. The van der Waals surface area contributed by atoms with E-state index in [1.807, 2.05) is 0 Å². The van der Waals surface area contributed by atoms with Gasteiger partial charge in [0, 0.05) is 36.4 Å². The molecule has 0 heterocycles. The topological polar surface area (TPSA) is 73.8 Å². The number of hydrogen-bond acceptors (Lipinski definition) is 8. The lowest BCUT2D eigenvalue weighted by Crippen LogP contribution is -2.09. The van der Waals surface area contributed by atoms with Crippen molar-refractivity contribution >= 4 is 110 Å². The van der Waals surface area contributed by atoms with E-state index in [4.69, 9.17) is 65.4 Å². The Labute approximate surface area is 445 Å². The highest BCUT2D eigenvalue weighted by molar-refractivity contribution is 9.28. The SMILES string of the molecule is COc1c(F)cc(OCC=C(Br)Br)cc1C(F)(F)F.COc1c(F)cc(OCC=C(Br)Br)cc1F.COc1c(F)cc(OCC=C(Cl)Cl)cc1C(F)(F)F.COc1c(F)cc(OCC=C(Cl)Cl)cc1F. The minimum atomic E-state index is -4.76. The summed E-state index contributed by atoms with van der Waals surface area (Å²) in [5, 5.41) is 0. The molecular weight excluding hydrogens is 1320 g/mol. The van der Waals surface area contributed by atoms with Gasteiger partial charge in [-0.25, -0.2) is 26.3 Å². The number of halogens is 20. The zero-order valence-electron chi connectivity index (χ0n) is 35.6. The minimum Gasteiger partial charge on any atom is -0.493 e. The zero-order chi connectivity index (χ0) is 53.5. The van der Waals surface area contributed by atoms with Crippen LogP contribution in [0.1, 0.15) is 11.1 Å². The Hall–Kier alpha value is -3.52. The Bertz CT molecular complexity index is 2230. The summed E-state index contributed by atoms with van der Waals surface area (Å²) in [5.41, 5.74) is -2.47. The van der Waals surface area contributed by atoms with Crippen LogP contribution in [0.25, 0.3) is 0 Å². The van der Waals surface area contributed by atoms with E-state index in [2.05, 4.69) is 82.7 Å². The third-order valence-electron chi connectivity index (χ3n) is 7.36. The molecule has 0 N–H and O–H groups in total. The molecule has 0 spiro atoms. The summed E-state index contributed by atoms with van der Waals surface area (Å²) < 4.78 is 195. The molecule has 0 aromatic heterocycles. The van der Waals surface area contributed by atoms with Gasteiger partial charge in [-0.3, -0.25) is 0 Å². The number of hydrogen-bond donors (Lipinski definition) is 0. The van der Waals surface area contributed by atoms with E-state index in [9.17, 15) is 52.7 Å². The first-order valence-corrected chi connectivity index (χ1v) is 22.8. The third-order valence-corrected chi connectivity index (χ3v) is 9.27. The maximum atomic E-state index is 13.5. The number of methoxy groups -OCH3 is 4. The lowest BCUT2D eigenvalue weighted by atomic mass is 10.1. The molecule has 0 aliphatic rings. The molecule has 0 atom stereocenters. The van der Waals surface area contributed by atoms with Gasteiger partial charge in [0.25, 0.3) is 0 Å². The molecule has 0 saturated heterocycles. The van der Waals surface area contributed by atoms with Crippen molar-refractivity contribution in [3.8, 4) is 46.0 Å². The van der Waals surface area contributed by atoms with Crippen LogP contribution in [0.2, 0.25) is 0 Å². The molecule has 0 aliphatic carbocycles. The molecule has 0 bridgehead atoms. The Kier molecular flexibility index (Phi) is 29.3. The fraction of sp³-hybridized carbons (Fsp3) is 0.238. The van der Waals surface area contributed by atoms with Crippen LogP contribution >= 0.6 is 110 Å². The van der Waals surface area contributed by atoms with Crippen LogP contribution < -0.4 is 37.9 Å². The van der Waals surface area contributed by atoms with Crippen LogP contribution in [0.3, 0.4) is 0 Å². The van der Waals surface area contributed by atoms with E-state index in [0.29, 0.717) is 18.9 Å². The summed E-state index contributed by atoms with van der Waals surface area (Å²) in [6.07, 6.45) is -3.76. The van der Waals surface area contributed by atoms with Gasteiger partial charge in [-0.1, -0.05) is 46.4 Å². The molecule has 4 aromatic carbocycles. The van der Waals surface area contributed by atoms with Crippen LogP contribution in [-0.4, -0.2) is 54.9 Å². The van der Waals surface area contributed by atoms with Crippen molar-refractivity contribution in [1.82, 2.24) is 0 Å². The standard InChI is InChI=1S/C11H8Br2F4O2.C11H8Cl2F4O2.C10H8Br2F2O2.C10H8Cl2F2O2/c2*1-18-10-7(11(15,16)17)4-6(5-8(10)14)19-3-2-9(12)13;2*1-15-10-7(13)4-6(5-8(10)14)16-3-2-9(11)12/h2*2,4-5H,3H2,1H3;2*2,4-5H,3H2,1H3. The van der Waals surface area contributed by atoms with Gasteiger partial charge in [-0.05, 0) is 100 Å². The van der Waals surface area contributed by atoms with Crippen molar-refractivity contribution in [2.24, 2.45) is 0 Å². The predicted molar refractivity (Wildman–Crippen MR) is 255 cm³/mol. The van der Waals surface area contributed by atoms with E-state index in [-0.39, 0.29) is 58.4 Å². The van der Waals surface area contributed by atoms with Gasteiger partial charge < -0.3 is 37.9 Å². The van der Waals surface area contributed by atoms with Gasteiger partial charge in [0.2, 0.25) is 0 Å². The van der Waals surface area contributed by atoms with E-state index >= 15 is 0 Å². The van der Waals surface area contributed by atoms with Gasteiger partial charge in [0.15, 0.2) is 57.9 Å². The van der Waals surface area contributed by atoms with Crippen molar-refractivity contribution in [3.05, 3.63) is 135 Å². The van der Waals surface area contributed by atoms with Crippen molar-refractivity contribution in [1.29, 1.82) is 0 Å². The van der Waals surface area contributed by atoms with Gasteiger partial charge in [-0.2, -0.15) is 26.3 Å². The smallest absolute Gasteiger partial charge is 0.420 e. The monoisotopic (exact) mass is 1350 g/mol. The number of alkyl halides is 6. The molecule has 8 nitrogen and oxygen atoms in total. The second-order valence-corrected chi connectivity index (χ2v) is 19.6. The summed E-state index contributed by atoms with van der Waals surface area (Å²) in [6, 6.07) is 7.11. The van der Waals surface area contributed by atoms with E-state index in [0.717, 1.165) is 50.6 Å². The van der Waals surface area contributed by atoms with Crippen molar-refractivity contribution < 1.29 is 90.6 Å². The highest BCUT2D eigenvalue weighted by atomic mass is 79.9. The summed E-state index contributed by atoms with van der Waals surface area (Å²) in [5.74, 6) is -8.56. The molecule has 0 aliphatic heterocycles. The average Bonchev–Trinajstić information content (AvgIpc) is 3.23. The molecule has 0 unspecified atom stereocenters. The van der Waals surface area contributed by atoms with Gasteiger partial charge in [0.1, 0.15) is 69.5 Å². The summed E-state index contributed by atoms with van der Waals surface area (Å²) in [7, 11) is 4.30. The van der Waals surface area contributed by atoms with Crippen molar-refractivity contribution in [3.63, 3.8) is 0 Å². The molecule has 0 fully saturated rings. The molecule has 0 saturated carbocycles. The van der Waals surface area contributed by atoms with E-state index < -0.39 is 81.4 Å². The van der Waals surface area contributed by atoms with E-state index in [1.165, 1.54) is 32.4 Å². The highest BCUT2D eigenvalue weighted by Gasteiger charge is 2.37. The van der Waals surface area contributed by atoms with Crippen LogP contribution in [0.15, 0.2) is 88.6 Å². The second kappa shape index (κ2) is 31.8. The second-order valence-electron chi connectivity index (χ2n) is 12.0. The molecular formula is C42H32Br4Cl4F12O8. The summed E-state index contributed by atoms with van der Waals surface area (Å²) in [6.45, 7) is 0.00484. The van der Waals surface area contributed by atoms with Crippen LogP contribution in [0.4, 0.5) is 52.7 Å². The molecule has 0 amide bonds. The largest absolute Gasteiger partial charge is 0.493 e. The highest BCUT2D eigenvalue weighted by Crippen LogP contribution is 2.41. The first-order valence-electron chi connectivity index (χ1n) is 18.1. The van der Waals surface area contributed by atoms with Crippen LogP contribution in [0, 0.1) is 34.9 Å². The fourth-order valence-electron chi connectivity index (χ4n) is 4.57. The third kappa shape index (κ3) is 23.8. The van der Waals surface area contributed by atoms with Crippen LogP contribution in [0.5, 0.6) is 46.0 Å². The van der Waals surface area contributed by atoms with Gasteiger partial charge >= 0.3 is 12.4 Å². The van der Waals surface area contributed by atoms with Crippen molar-refractivity contribution in [2.75, 3.05) is 54.9 Å². The Morgan fingerprint density at radius 1 is 0.400 bits per heavy atom. The minimum absolute atomic E-state index is 0.0189. The van der Waals surface area contributed by atoms with Gasteiger partial charge in [0.05, 0.1) is 35.2 Å². The fourth-order valence-corrected chi connectivity index (χ4v) is 5.35. The Morgan fingerprint density at radius 2 is 0.614 bits per heavy atom. The number of rotatable bonds is 16. The molecule has 4 aromatic rings. The maximum Gasteiger partial charge on any atom is 0.420 e. The molecule has 4 rings (SSSR count). The predicted octanol–water partition coefficient (Wildman–Crippen LogP) is 17.1. The lowest BCUT2D eigenvalue weighted by Gasteiger charge is -2.14. The Balaban J connectivity index is 0.000000468. The molecule has 70 heavy (non-hydrogen) atoms. The zero-order valence-corrected chi connectivity index (χ0v) is 44.9. The molecule has 388 valence electrons. The summed E-state index contributed by atoms with van der Waals surface area (Å²) in [4.78, 5) is 0. The quantitative estimate of drug-likeness (QED) is 0.103. The first kappa shape index (κ1) is 64.5. The van der Waals surface area contributed by atoms with Gasteiger partial charge in [-0.15, -0.1) is 0 Å².